The Balaban J connectivity index is 2.97. The van der Waals surface area contributed by atoms with Crippen molar-refractivity contribution in [2.24, 2.45) is 5.92 Å². The van der Waals surface area contributed by atoms with E-state index in [1.54, 1.807) is 6.07 Å². The number of anilines is 1. The lowest BCUT2D eigenvalue weighted by atomic mass is 10.1. The summed E-state index contributed by atoms with van der Waals surface area (Å²) in [6.45, 7) is 8.99. The van der Waals surface area contributed by atoms with Gasteiger partial charge < -0.3 is 14.9 Å². The van der Waals surface area contributed by atoms with Crippen LogP contribution in [-0.4, -0.2) is 54.7 Å². The molecule has 0 unspecified atom stereocenters. The van der Waals surface area contributed by atoms with Crippen molar-refractivity contribution in [3.8, 4) is 0 Å². The van der Waals surface area contributed by atoms with Crippen LogP contribution in [0.4, 0.5) is 5.82 Å². The van der Waals surface area contributed by atoms with Gasteiger partial charge in [-0.2, -0.15) is 0 Å². The molecule has 0 aliphatic heterocycles. The predicted octanol–water partition coefficient (Wildman–Crippen LogP) is 2.11. The van der Waals surface area contributed by atoms with Crippen molar-refractivity contribution < 1.29 is 9.90 Å². The Morgan fingerprint density at radius 1 is 1.35 bits per heavy atom. The Labute approximate surface area is 121 Å². The molecule has 0 amide bonds. The van der Waals surface area contributed by atoms with Gasteiger partial charge in [0.1, 0.15) is 5.82 Å². The van der Waals surface area contributed by atoms with Crippen LogP contribution in [-0.2, 0) is 0 Å². The fraction of sp³-hybridized carbons (Fsp3) is 0.600. The van der Waals surface area contributed by atoms with Crippen molar-refractivity contribution in [2.75, 3.05) is 38.6 Å². The van der Waals surface area contributed by atoms with Gasteiger partial charge in [0.25, 0.3) is 0 Å². The lowest BCUT2D eigenvalue weighted by Crippen LogP contribution is -2.35. The number of aromatic carboxylic acids is 1. The zero-order valence-electron chi connectivity index (χ0n) is 13.1. The Kier molecular flexibility index (Phi) is 5.95. The average Bonchev–Trinajstić information content (AvgIpc) is 2.33. The average molecular weight is 279 g/mol. The summed E-state index contributed by atoms with van der Waals surface area (Å²) >= 11 is 0. The molecular formula is C15H25N3O2. The number of likely N-dealkylation sites (N-methyl/N-ethyl adjacent to an activating group) is 1. The van der Waals surface area contributed by atoms with Crippen LogP contribution in [0, 0.1) is 12.8 Å². The highest BCUT2D eigenvalue weighted by Crippen LogP contribution is 2.19. The van der Waals surface area contributed by atoms with Crippen LogP contribution in [0.1, 0.15) is 29.8 Å². The van der Waals surface area contributed by atoms with E-state index in [1.807, 2.05) is 21.0 Å². The smallest absolute Gasteiger partial charge is 0.337 e. The summed E-state index contributed by atoms with van der Waals surface area (Å²) in [5.41, 5.74) is 1.15. The van der Waals surface area contributed by atoms with E-state index < -0.39 is 5.97 Å². The fourth-order valence-electron chi connectivity index (χ4n) is 2.06. The first-order valence-corrected chi connectivity index (χ1v) is 6.91. The quantitative estimate of drug-likeness (QED) is 0.828. The first-order chi connectivity index (χ1) is 9.31. The van der Waals surface area contributed by atoms with E-state index in [0.717, 1.165) is 31.0 Å². The summed E-state index contributed by atoms with van der Waals surface area (Å²) in [5.74, 6) is 0.471. The highest BCUT2D eigenvalue weighted by molar-refractivity contribution is 5.87. The van der Waals surface area contributed by atoms with Gasteiger partial charge in [0.15, 0.2) is 0 Å². The fourth-order valence-corrected chi connectivity index (χ4v) is 2.06. The summed E-state index contributed by atoms with van der Waals surface area (Å²) in [6.07, 6.45) is 1.44. The molecule has 1 rings (SSSR count). The summed E-state index contributed by atoms with van der Waals surface area (Å²) in [6, 6.07) is 1.69. The molecule has 0 saturated heterocycles. The number of carboxylic acids is 1. The molecule has 0 aromatic carbocycles. The van der Waals surface area contributed by atoms with Gasteiger partial charge in [0.2, 0.25) is 0 Å². The number of pyridine rings is 1. The third-order valence-corrected chi connectivity index (χ3v) is 3.00. The molecular weight excluding hydrogens is 254 g/mol. The highest BCUT2D eigenvalue weighted by atomic mass is 16.4. The van der Waals surface area contributed by atoms with Crippen LogP contribution in [0.5, 0.6) is 0 Å². The molecule has 1 aromatic heterocycles. The lowest BCUT2D eigenvalue weighted by molar-refractivity contribution is 0.0696. The van der Waals surface area contributed by atoms with E-state index in [-0.39, 0.29) is 5.56 Å². The van der Waals surface area contributed by atoms with Crippen LogP contribution in [0.3, 0.4) is 0 Å². The van der Waals surface area contributed by atoms with Crippen molar-refractivity contribution in [1.82, 2.24) is 9.88 Å². The second-order valence-electron chi connectivity index (χ2n) is 5.81. The summed E-state index contributed by atoms with van der Waals surface area (Å²) < 4.78 is 0. The van der Waals surface area contributed by atoms with E-state index in [1.165, 1.54) is 6.20 Å². The lowest BCUT2D eigenvalue weighted by Gasteiger charge is -2.28. The van der Waals surface area contributed by atoms with Gasteiger partial charge in [0.05, 0.1) is 5.56 Å². The second-order valence-corrected chi connectivity index (χ2v) is 5.81. The van der Waals surface area contributed by atoms with Gasteiger partial charge in [0, 0.05) is 25.8 Å². The predicted molar refractivity (Wildman–Crippen MR) is 81.5 cm³/mol. The third-order valence-electron chi connectivity index (χ3n) is 3.00. The molecule has 5 nitrogen and oxygen atoms in total. The van der Waals surface area contributed by atoms with Crippen LogP contribution in [0.25, 0.3) is 0 Å². The zero-order valence-corrected chi connectivity index (χ0v) is 13.1. The Bertz CT molecular complexity index is 458. The summed E-state index contributed by atoms with van der Waals surface area (Å²) in [7, 11) is 4.09. The van der Waals surface area contributed by atoms with Crippen molar-refractivity contribution in [1.29, 1.82) is 0 Å². The number of aryl methyl sites for hydroxylation is 1. The SMILES string of the molecule is Cc1cc(C(=O)O)cnc1N(CCN(C)C)CC(C)C. The largest absolute Gasteiger partial charge is 0.478 e. The summed E-state index contributed by atoms with van der Waals surface area (Å²) in [4.78, 5) is 19.7. The highest BCUT2D eigenvalue weighted by Gasteiger charge is 2.14. The zero-order chi connectivity index (χ0) is 15.3. The first kappa shape index (κ1) is 16.4. The minimum atomic E-state index is -0.934. The molecule has 112 valence electrons. The van der Waals surface area contributed by atoms with Gasteiger partial charge in [-0.15, -0.1) is 0 Å². The van der Waals surface area contributed by atoms with Crippen molar-refractivity contribution in [3.05, 3.63) is 23.4 Å². The maximum absolute atomic E-state index is 11.0. The maximum atomic E-state index is 11.0. The molecule has 0 aliphatic rings. The number of nitrogens with zero attached hydrogens (tertiary/aromatic N) is 3. The molecule has 1 aromatic rings. The Morgan fingerprint density at radius 3 is 2.45 bits per heavy atom. The van der Waals surface area contributed by atoms with Crippen LogP contribution >= 0.6 is 0 Å². The van der Waals surface area contributed by atoms with Gasteiger partial charge in [-0.25, -0.2) is 9.78 Å². The Morgan fingerprint density at radius 2 is 2.00 bits per heavy atom. The number of rotatable bonds is 7. The van der Waals surface area contributed by atoms with Crippen LogP contribution in [0.15, 0.2) is 12.3 Å². The van der Waals surface area contributed by atoms with Crippen molar-refractivity contribution >= 4 is 11.8 Å². The minimum absolute atomic E-state index is 0.239. The molecule has 5 heteroatoms. The van der Waals surface area contributed by atoms with Gasteiger partial charge in [-0.3, -0.25) is 0 Å². The molecule has 0 aliphatic carbocycles. The van der Waals surface area contributed by atoms with E-state index in [4.69, 9.17) is 5.11 Å². The van der Waals surface area contributed by atoms with Crippen molar-refractivity contribution in [3.63, 3.8) is 0 Å². The van der Waals surface area contributed by atoms with E-state index in [2.05, 4.69) is 28.6 Å². The number of hydrogen-bond acceptors (Lipinski definition) is 4. The molecule has 1 heterocycles. The molecule has 0 radical (unpaired) electrons. The molecule has 0 saturated carbocycles. The van der Waals surface area contributed by atoms with Crippen LogP contribution in [0.2, 0.25) is 0 Å². The standard InChI is InChI=1S/C15H25N3O2/c1-11(2)10-18(7-6-17(4)5)14-12(3)8-13(9-16-14)15(19)20/h8-9,11H,6-7,10H2,1-5H3,(H,19,20). The Hall–Kier alpha value is -1.62. The van der Waals surface area contributed by atoms with Gasteiger partial charge in [-0.1, -0.05) is 13.8 Å². The van der Waals surface area contributed by atoms with E-state index in [0.29, 0.717) is 5.92 Å². The summed E-state index contributed by atoms with van der Waals surface area (Å²) in [5, 5.41) is 9.00. The molecule has 0 atom stereocenters. The molecule has 1 N–H and O–H groups in total. The minimum Gasteiger partial charge on any atom is -0.478 e. The molecule has 20 heavy (non-hydrogen) atoms. The molecule has 0 fully saturated rings. The topological polar surface area (TPSA) is 56.7 Å². The van der Waals surface area contributed by atoms with Gasteiger partial charge in [-0.05, 0) is 38.6 Å². The molecule has 0 spiro atoms. The van der Waals surface area contributed by atoms with Crippen molar-refractivity contribution in [2.45, 2.75) is 20.8 Å². The number of carboxylic acid groups (broad SMARTS) is 1. The van der Waals surface area contributed by atoms with Gasteiger partial charge >= 0.3 is 5.97 Å². The number of aromatic nitrogens is 1. The second kappa shape index (κ2) is 7.24. The monoisotopic (exact) mass is 279 g/mol. The van der Waals surface area contributed by atoms with Crippen LogP contribution < -0.4 is 4.90 Å². The first-order valence-electron chi connectivity index (χ1n) is 6.91. The molecule has 0 bridgehead atoms. The normalized spacial score (nSPS) is 11.2. The van der Waals surface area contributed by atoms with E-state index >= 15 is 0 Å². The maximum Gasteiger partial charge on any atom is 0.337 e. The van der Waals surface area contributed by atoms with E-state index in [9.17, 15) is 4.79 Å². The third kappa shape index (κ3) is 4.81. The number of carbonyl (C=O) groups is 1. The number of hydrogen-bond donors (Lipinski definition) is 1.